The van der Waals surface area contributed by atoms with E-state index in [9.17, 15) is 9.59 Å². The number of carbonyl (C=O) groups is 1. The predicted molar refractivity (Wildman–Crippen MR) is 104 cm³/mol. The monoisotopic (exact) mass is 365 g/mol. The molecule has 130 valence electrons. The zero-order valence-corrected chi connectivity index (χ0v) is 14.8. The molecule has 2 aromatic carbocycles. The van der Waals surface area contributed by atoms with Crippen molar-refractivity contribution in [2.24, 2.45) is 0 Å². The second kappa shape index (κ2) is 7.33. The molecule has 0 radical (unpaired) electrons. The van der Waals surface area contributed by atoms with E-state index in [0.29, 0.717) is 27.4 Å². The van der Waals surface area contributed by atoms with Crippen LogP contribution in [0.25, 0.3) is 16.7 Å². The Labute approximate surface area is 154 Å². The SMILES string of the molecule is C=C(NC(=S)c1ccccc1)c1cc2ccc(OC(C)=O)cc2oc1=O. The van der Waals surface area contributed by atoms with Crippen LogP contribution in [0.5, 0.6) is 5.75 Å². The fourth-order valence-corrected chi connectivity index (χ4v) is 2.66. The van der Waals surface area contributed by atoms with E-state index < -0.39 is 11.6 Å². The number of hydrogen-bond acceptors (Lipinski definition) is 5. The van der Waals surface area contributed by atoms with Crippen molar-refractivity contribution in [1.29, 1.82) is 0 Å². The Balaban J connectivity index is 1.89. The largest absolute Gasteiger partial charge is 0.427 e. The van der Waals surface area contributed by atoms with Crippen molar-refractivity contribution >= 4 is 39.8 Å². The van der Waals surface area contributed by atoms with Gasteiger partial charge in [-0.1, -0.05) is 49.1 Å². The number of rotatable bonds is 4. The van der Waals surface area contributed by atoms with Gasteiger partial charge in [-0.15, -0.1) is 0 Å². The molecule has 0 atom stereocenters. The minimum atomic E-state index is -0.564. The van der Waals surface area contributed by atoms with Crippen LogP contribution in [0.15, 0.2) is 70.4 Å². The van der Waals surface area contributed by atoms with Crippen molar-refractivity contribution < 1.29 is 13.9 Å². The Morgan fingerprint density at radius 2 is 1.88 bits per heavy atom. The number of hydrogen-bond donors (Lipinski definition) is 1. The summed E-state index contributed by atoms with van der Waals surface area (Å²) >= 11 is 5.34. The molecule has 1 aromatic heterocycles. The van der Waals surface area contributed by atoms with Gasteiger partial charge in [0.1, 0.15) is 16.3 Å². The maximum Gasteiger partial charge on any atom is 0.345 e. The second-order valence-corrected chi connectivity index (χ2v) is 5.95. The van der Waals surface area contributed by atoms with Gasteiger partial charge < -0.3 is 14.5 Å². The first-order valence-electron chi connectivity index (χ1n) is 7.76. The molecule has 0 fully saturated rings. The minimum absolute atomic E-state index is 0.274. The molecule has 0 aliphatic carbocycles. The van der Waals surface area contributed by atoms with E-state index in [-0.39, 0.29) is 5.56 Å². The van der Waals surface area contributed by atoms with Gasteiger partial charge >= 0.3 is 11.6 Å². The highest BCUT2D eigenvalue weighted by molar-refractivity contribution is 7.80. The Morgan fingerprint density at radius 3 is 2.58 bits per heavy atom. The topological polar surface area (TPSA) is 68.5 Å². The fourth-order valence-electron chi connectivity index (χ4n) is 2.40. The number of ether oxygens (including phenoxy) is 1. The third kappa shape index (κ3) is 3.87. The van der Waals surface area contributed by atoms with Crippen LogP contribution in [-0.4, -0.2) is 11.0 Å². The Kier molecular flexibility index (Phi) is 4.95. The van der Waals surface area contributed by atoms with E-state index in [0.717, 1.165) is 5.56 Å². The molecule has 0 aliphatic rings. The maximum atomic E-state index is 12.3. The molecule has 0 bridgehead atoms. The highest BCUT2D eigenvalue weighted by Gasteiger charge is 2.12. The van der Waals surface area contributed by atoms with Gasteiger partial charge in [0.2, 0.25) is 0 Å². The van der Waals surface area contributed by atoms with Crippen molar-refractivity contribution in [1.82, 2.24) is 5.32 Å². The van der Waals surface area contributed by atoms with Gasteiger partial charge in [-0.05, 0) is 18.2 Å². The molecule has 0 unspecified atom stereocenters. The van der Waals surface area contributed by atoms with E-state index in [4.69, 9.17) is 21.4 Å². The van der Waals surface area contributed by atoms with Crippen LogP contribution in [0.3, 0.4) is 0 Å². The Morgan fingerprint density at radius 1 is 1.15 bits per heavy atom. The summed E-state index contributed by atoms with van der Waals surface area (Å²) in [6.45, 7) is 5.19. The summed E-state index contributed by atoms with van der Waals surface area (Å²) in [5.74, 6) is -0.140. The standard InChI is InChI=1S/C20H15NO4S/c1-12(21-19(26)14-6-4-3-5-7-14)17-10-15-8-9-16(24-13(2)22)11-18(15)25-20(17)23/h3-11H,1H2,2H3,(H,21,26). The van der Waals surface area contributed by atoms with Gasteiger partial charge in [0.05, 0.1) is 5.56 Å². The smallest absolute Gasteiger partial charge is 0.345 e. The average molecular weight is 365 g/mol. The molecule has 1 N–H and O–H groups in total. The Bertz CT molecular complexity index is 1070. The molecule has 6 heteroatoms. The lowest BCUT2D eigenvalue weighted by Crippen LogP contribution is -2.23. The average Bonchev–Trinajstić information content (AvgIpc) is 2.61. The van der Waals surface area contributed by atoms with E-state index >= 15 is 0 Å². The number of benzene rings is 2. The first kappa shape index (κ1) is 17.6. The summed E-state index contributed by atoms with van der Waals surface area (Å²) in [7, 11) is 0. The molecule has 0 amide bonds. The van der Waals surface area contributed by atoms with Crippen LogP contribution >= 0.6 is 12.2 Å². The highest BCUT2D eigenvalue weighted by atomic mass is 32.1. The predicted octanol–water partition coefficient (Wildman–Crippen LogP) is 3.65. The molecular weight excluding hydrogens is 350 g/mol. The molecule has 0 saturated heterocycles. The summed E-state index contributed by atoms with van der Waals surface area (Å²) in [6.07, 6.45) is 0. The number of nitrogens with one attached hydrogen (secondary N) is 1. The minimum Gasteiger partial charge on any atom is -0.427 e. The van der Waals surface area contributed by atoms with Gasteiger partial charge in [0.25, 0.3) is 0 Å². The number of thiocarbonyl (C=S) groups is 1. The van der Waals surface area contributed by atoms with Crippen LogP contribution in [0, 0.1) is 0 Å². The van der Waals surface area contributed by atoms with Crippen LogP contribution < -0.4 is 15.7 Å². The maximum absolute atomic E-state index is 12.3. The van der Waals surface area contributed by atoms with Gasteiger partial charge in [-0.2, -0.15) is 0 Å². The normalized spacial score (nSPS) is 10.3. The van der Waals surface area contributed by atoms with Crippen LogP contribution in [0.1, 0.15) is 18.1 Å². The van der Waals surface area contributed by atoms with E-state index in [2.05, 4.69) is 11.9 Å². The van der Waals surface area contributed by atoms with Gasteiger partial charge in [0.15, 0.2) is 0 Å². The third-order valence-corrected chi connectivity index (χ3v) is 3.93. The van der Waals surface area contributed by atoms with Gasteiger partial charge in [0, 0.05) is 29.6 Å². The van der Waals surface area contributed by atoms with Crippen molar-refractivity contribution in [3.8, 4) is 5.75 Å². The summed E-state index contributed by atoms with van der Waals surface area (Å²) in [5, 5.41) is 3.63. The van der Waals surface area contributed by atoms with Crippen LogP contribution in [0.4, 0.5) is 0 Å². The lowest BCUT2D eigenvalue weighted by atomic mass is 10.1. The lowest BCUT2D eigenvalue weighted by Gasteiger charge is -2.11. The summed E-state index contributed by atoms with van der Waals surface area (Å²) in [4.78, 5) is 23.8. The zero-order valence-electron chi connectivity index (χ0n) is 13.9. The molecular formula is C20H15NO4S. The van der Waals surface area contributed by atoms with Crippen molar-refractivity contribution in [3.05, 3.63) is 82.7 Å². The molecule has 0 spiro atoms. The van der Waals surface area contributed by atoms with Crippen molar-refractivity contribution in [3.63, 3.8) is 0 Å². The lowest BCUT2D eigenvalue weighted by molar-refractivity contribution is -0.131. The summed E-state index contributed by atoms with van der Waals surface area (Å²) in [5.41, 5.74) is 1.19. The van der Waals surface area contributed by atoms with Crippen molar-refractivity contribution in [2.75, 3.05) is 0 Å². The molecule has 26 heavy (non-hydrogen) atoms. The van der Waals surface area contributed by atoms with Gasteiger partial charge in [-0.25, -0.2) is 4.79 Å². The fraction of sp³-hybridized carbons (Fsp3) is 0.0500. The first-order chi connectivity index (χ1) is 12.4. The van der Waals surface area contributed by atoms with E-state index in [1.54, 1.807) is 18.2 Å². The van der Waals surface area contributed by atoms with Crippen LogP contribution in [-0.2, 0) is 4.79 Å². The van der Waals surface area contributed by atoms with Crippen molar-refractivity contribution in [2.45, 2.75) is 6.92 Å². The first-order valence-corrected chi connectivity index (χ1v) is 8.17. The number of esters is 1. The second-order valence-electron chi connectivity index (χ2n) is 5.54. The third-order valence-electron chi connectivity index (χ3n) is 3.59. The highest BCUT2D eigenvalue weighted by Crippen LogP contribution is 2.22. The molecule has 3 aromatic rings. The zero-order chi connectivity index (χ0) is 18.7. The van der Waals surface area contributed by atoms with E-state index in [1.165, 1.54) is 13.0 Å². The molecule has 1 heterocycles. The summed E-state index contributed by atoms with van der Waals surface area (Å²) < 4.78 is 10.3. The number of fused-ring (bicyclic) bond motifs is 1. The number of carbonyl (C=O) groups excluding carboxylic acids is 1. The summed E-state index contributed by atoms with van der Waals surface area (Å²) in [6, 6.07) is 15.8. The molecule has 5 nitrogen and oxygen atoms in total. The Hall–Kier alpha value is -3.25. The van der Waals surface area contributed by atoms with Crippen LogP contribution in [0.2, 0.25) is 0 Å². The van der Waals surface area contributed by atoms with Gasteiger partial charge in [-0.3, -0.25) is 4.79 Å². The molecule has 0 aliphatic heterocycles. The molecule has 0 saturated carbocycles. The van der Waals surface area contributed by atoms with E-state index in [1.807, 2.05) is 30.3 Å². The quantitative estimate of drug-likeness (QED) is 0.329. The molecule has 3 rings (SSSR count).